The van der Waals surface area contributed by atoms with Crippen LogP contribution in [0.25, 0.3) is 11.4 Å². The number of aliphatic carboxylic acids is 1. The molecule has 0 spiro atoms. The maximum absolute atomic E-state index is 12.3. The predicted octanol–water partition coefficient (Wildman–Crippen LogP) is 3.34. The lowest BCUT2D eigenvalue weighted by Gasteiger charge is -2.27. The summed E-state index contributed by atoms with van der Waals surface area (Å²) in [5.74, 6) is -0.838. The highest BCUT2D eigenvalue weighted by atomic mass is 16.5. The van der Waals surface area contributed by atoms with Gasteiger partial charge in [-0.15, -0.1) is 5.10 Å². The van der Waals surface area contributed by atoms with Crippen molar-refractivity contribution in [2.24, 2.45) is 18.4 Å². The van der Waals surface area contributed by atoms with E-state index in [1.165, 1.54) is 0 Å². The van der Waals surface area contributed by atoms with Crippen molar-refractivity contribution in [2.45, 2.75) is 65.9 Å². The molecule has 2 aromatic rings. The summed E-state index contributed by atoms with van der Waals surface area (Å²) in [5.41, 5.74) is 2.31. The first-order valence-electron chi connectivity index (χ1n) is 10.9. The van der Waals surface area contributed by atoms with E-state index in [2.05, 4.69) is 15.3 Å². The third-order valence-corrected chi connectivity index (χ3v) is 5.47. The monoisotopic (exact) mass is 444 g/mol. The van der Waals surface area contributed by atoms with Gasteiger partial charge in [0.15, 0.2) is 0 Å². The van der Waals surface area contributed by atoms with Crippen molar-refractivity contribution in [3.63, 3.8) is 0 Å². The molecule has 2 aromatic heterocycles. The molecule has 0 aromatic carbocycles. The SMILES string of the molecule is Cc1nc(-c2nnn(C)c2CC(=O)OCC(C)(C)C)ccc1O[C@H]1CCC[C@H](C(=O)O)C1. The molecule has 2 atom stereocenters. The van der Waals surface area contributed by atoms with E-state index in [0.717, 1.165) is 12.8 Å². The number of ether oxygens (including phenoxy) is 2. The van der Waals surface area contributed by atoms with Gasteiger partial charge in [0, 0.05) is 7.05 Å². The Morgan fingerprint density at radius 2 is 2.00 bits per heavy atom. The molecule has 32 heavy (non-hydrogen) atoms. The molecular weight excluding hydrogens is 412 g/mol. The molecular formula is C23H32N4O5. The second-order valence-electron chi connectivity index (χ2n) is 9.63. The summed E-state index contributed by atoms with van der Waals surface area (Å²) in [6.07, 6.45) is 2.77. The molecule has 1 fully saturated rings. The molecule has 0 saturated heterocycles. The van der Waals surface area contributed by atoms with Crippen LogP contribution < -0.4 is 4.74 Å². The van der Waals surface area contributed by atoms with Crippen LogP contribution in [0.5, 0.6) is 5.75 Å². The molecule has 0 aliphatic heterocycles. The maximum atomic E-state index is 12.3. The third kappa shape index (κ3) is 6.05. The number of esters is 1. The Kier molecular flexibility index (Phi) is 7.16. The zero-order valence-electron chi connectivity index (χ0n) is 19.4. The van der Waals surface area contributed by atoms with Gasteiger partial charge in [0.2, 0.25) is 0 Å². The van der Waals surface area contributed by atoms with Crippen molar-refractivity contribution in [2.75, 3.05) is 6.61 Å². The second-order valence-corrected chi connectivity index (χ2v) is 9.63. The van der Waals surface area contributed by atoms with E-state index < -0.39 is 5.97 Å². The van der Waals surface area contributed by atoms with Crippen LogP contribution in [-0.2, 0) is 27.8 Å². The van der Waals surface area contributed by atoms with Crippen LogP contribution >= 0.6 is 0 Å². The van der Waals surface area contributed by atoms with Crippen molar-refractivity contribution in [1.82, 2.24) is 20.0 Å². The molecule has 9 nitrogen and oxygen atoms in total. The topological polar surface area (TPSA) is 116 Å². The van der Waals surface area contributed by atoms with Crippen molar-refractivity contribution in [1.29, 1.82) is 0 Å². The fraction of sp³-hybridized carbons (Fsp3) is 0.609. The Morgan fingerprint density at radius 1 is 1.25 bits per heavy atom. The van der Waals surface area contributed by atoms with E-state index in [4.69, 9.17) is 9.47 Å². The Labute approximate surface area is 188 Å². The van der Waals surface area contributed by atoms with Gasteiger partial charge in [-0.05, 0) is 50.2 Å². The quantitative estimate of drug-likeness (QED) is 0.646. The van der Waals surface area contributed by atoms with Crippen molar-refractivity contribution < 1.29 is 24.2 Å². The first-order valence-corrected chi connectivity index (χ1v) is 10.9. The van der Waals surface area contributed by atoms with Crippen LogP contribution in [-0.4, -0.2) is 49.7 Å². The molecule has 3 rings (SSSR count). The third-order valence-electron chi connectivity index (χ3n) is 5.47. The summed E-state index contributed by atoms with van der Waals surface area (Å²) in [5, 5.41) is 17.5. The van der Waals surface area contributed by atoms with E-state index in [0.29, 0.717) is 48.0 Å². The van der Waals surface area contributed by atoms with Crippen LogP contribution in [0.2, 0.25) is 0 Å². The molecule has 1 saturated carbocycles. The Balaban J connectivity index is 1.72. The maximum Gasteiger partial charge on any atom is 0.311 e. The van der Waals surface area contributed by atoms with E-state index in [9.17, 15) is 14.7 Å². The lowest BCUT2D eigenvalue weighted by Crippen LogP contribution is -2.29. The fourth-order valence-corrected chi connectivity index (χ4v) is 3.72. The summed E-state index contributed by atoms with van der Waals surface area (Å²) < 4.78 is 13.0. The smallest absolute Gasteiger partial charge is 0.311 e. The number of aryl methyl sites for hydroxylation is 2. The zero-order valence-corrected chi connectivity index (χ0v) is 19.4. The minimum absolute atomic E-state index is 0.0482. The Morgan fingerprint density at radius 3 is 2.66 bits per heavy atom. The highest BCUT2D eigenvalue weighted by Gasteiger charge is 2.28. The zero-order chi connectivity index (χ0) is 23.5. The van der Waals surface area contributed by atoms with Crippen LogP contribution in [0.3, 0.4) is 0 Å². The normalized spacial score (nSPS) is 18.9. The summed E-state index contributed by atoms with van der Waals surface area (Å²) in [4.78, 5) is 28.3. The standard InChI is InChI=1S/C23H32N4O5/c1-14-19(32-16-8-6-7-15(11-16)22(29)30)10-9-17(24-14)21-18(27(5)26-25-21)12-20(28)31-13-23(2,3)4/h9-10,15-16H,6-8,11-13H2,1-5H3,(H,29,30)/t15-,16-/m0/s1. The highest BCUT2D eigenvalue weighted by Crippen LogP contribution is 2.30. The van der Waals surface area contributed by atoms with Crippen molar-refractivity contribution in [3.05, 3.63) is 23.5 Å². The molecule has 1 aliphatic carbocycles. The summed E-state index contributed by atoms with van der Waals surface area (Å²) in [6.45, 7) is 8.18. The number of hydrogen-bond donors (Lipinski definition) is 1. The van der Waals surface area contributed by atoms with E-state index in [-0.39, 0.29) is 29.8 Å². The first-order chi connectivity index (χ1) is 15.0. The minimum atomic E-state index is -0.764. The number of carbonyl (C=O) groups is 2. The predicted molar refractivity (Wildman–Crippen MR) is 117 cm³/mol. The first kappa shape index (κ1) is 23.7. The van der Waals surface area contributed by atoms with E-state index in [1.807, 2.05) is 33.8 Å². The fourth-order valence-electron chi connectivity index (χ4n) is 3.72. The molecule has 0 amide bonds. The number of aromatic nitrogens is 4. The lowest BCUT2D eigenvalue weighted by molar-refractivity contribution is -0.146. The van der Waals surface area contributed by atoms with Crippen LogP contribution in [0.15, 0.2) is 12.1 Å². The molecule has 0 unspecified atom stereocenters. The van der Waals surface area contributed by atoms with Crippen LogP contribution in [0.4, 0.5) is 0 Å². The van der Waals surface area contributed by atoms with Gasteiger partial charge in [-0.1, -0.05) is 26.0 Å². The number of pyridine rings is 1. The molecule has 1 aliphatic rings. The lowest BCUT2D eigenvalue weighted by atomic mass is 9.87. The summed E-state index contributed by atoms with van der Waals surface area (Å²) in [6, 6.07) is 3.60. The van der Waals surface area contributed by atoms with Crippen LogP contribution in [0, 0.1) is 18.3 Å². The second kappa shape index (κ2) is 9.67. The van der Waals surface area contributed by atoms with Gasteiger partial charge in [-0.3, -0.25) is 14.3 Å². The number of nitrogens with zero attached hydrogens (tertiary/aromatic N) is 4. The number of carbonyl (C=O) groups excluding carboxylic acids is 1. The molecule has 174 valence electrons. The Bertz CT molecular complexity index is 979. The van der Waals surface area contributed by atoms with Crippen molar-refractivity contribution >= 4 is 11.9 Å². The van der Waals surface area contributed by atoms with Crippen LogP contribution in [0.1, 0.15) is 57.8 Å². The van der Waals surface area contributed by atoms with Gasteiger partial charge in [-0.2, -0.15) is 0 Å². The highest BCUT2D eigenvalue weighted by molar-refractivity contribution is 5.75. The average molecular weight is 445 g/mol. The number of hydrogen-bond acceptors (Lipinski definition) is 7. The van der Waals surface area contributed by atoms with E-state index in [1.54, 1.807) is 17.8 Å². The minimum Gasteiger partial charge on any atom is -0.489 e. The molecule has 0 bridgehead atoms. The van der Waals surface area contributed by atoms with Gasteiger partial charge in [0.1, 0.15) is 11.4 Å². The molecule has 9 heteroatoms. The van der Waals surface area contributed by atoms with Gasteiger partial charge in [0.25, 0.3) is 0 Å². The summed E-state index contributed by atoms with van der Waals surface area (Å²) in [7, 11) is 1.73. The molecule has 1 N–H and O–H groups in total. The van der Waals surface area contributed by atoms with E-state index >= 15 is 0 Å². The molecule has 0 radical (unpaired) electrons. The number of rotatable bonds is 7. The average Bonchev–Trinajstić information content (AvgIpc) is 3.08. The van der Waals surface area contributed by atoms with Gasteiger partial charge < -0.3 is 14.6 Å². The number of carboxylic acids is 1. The molecule has 2 heterocycles. The van der Waals surface area contributed by atoms with Crippen molar-refractivity contribution in [3.8, 4) is 17.1 Å². The van der Waals surface area contributed by atoms with Gasteiger partial charge >= 0.3 is 11.9 Å². The summed E-state index contributed by atoms with van der Waals surface area (Å²) >= 11 is 0. The Hall–Kier alpha value is -2.97. The van der Waals surface area contributed by atoms with Gasteiger partial charge in [0.05, 0.1) is 42.1 Å². The van der Waals surface area contributed by atoms with Gasteiger partial charge in [-0.25, -0.2) is 4.98 Å². The number of carboxylic acid groups (broad SMARTS) is 1. The largest absolute Gasteiger partial charge is 0.489 e.